The number of carbonyl (C=O) groups excluding carboxylic acids is 2. The summed E-state index contributed by atoms with van der Waals surface area (Å²) in [7, 11) is 1.03. The van der Waals surface area contributed by atoms with E-state index in [9.17, 15) is 28.3 Å². The smallest absolute Gasteiger partial charge is 0.412 e. The number of nitrogens with one attached hydrogen (secondary N) is 1. The number of aromatic hydroxyl groups is 1. The van der Waals surface area contributed by atoms with Crippen molar-refractivity contribution in [2.24, 2.45) is 0 Å². The van der Waals surface area contributed by atoms with Gasteiger partial charge in [0.25, 0.3) is 5.56 Å². The molecule has 0 fully saturated rings. The minimum atomic E-state index is -3.17. The van der Waals surface area contributed by atoms with Crippen LogP contribution in [0.25, 0.3) is 16.7 Å². The molecule has 1 amide bonds. The lowest BCUT2D eigenvalue weighted by atomic mass is 10.1. The number of rotatable bonds is 5. The van der Waals surface area contributed by atoms with Crippen LogP contribution in [0.3, 0.4) is 0 Å². The number of hydrogen-bond donors (Lipinski definition) is 2. The van der Waals surface area contributed by atoms with E-state index in [1.807, 2.05) is 0 Å². The predicted octanol–water partition coefficient (Wildman–Crippen LogP) is 3.83. The lowest BCUT2D eigenvalue weighted by Crippen LogP contribution is -2.28. The van der Waals surface area contributed by atoms with Crippen molar-refractivity contribution in [2.45, 2.75) is 33.0 Å². The number of anilines is 1. The molecule has 34 heavy (non-hydrogen) atoms. The first-order chi connectivity index (χ1) is 15.9. The second-order valence-electron chi connectivity index (χ2n) is 7.93. The Hall–Kier alpha value is -4.22. The maximum atomic E-state index is 13.1. The summed E-state index contributed by atoms with van der Waals surface area (Å²) in [5, 5.41) is 12.9. The fourth-order valence-corrected chi connectivity index (χ4v) is 3.03. The molecule has 2 N–H and O–H groups in total. The first-order valence-electron chi connectivity index (χ1n) is 9.83. The van der Waals surface area contributed by atoms with Crippen molar-refractivity contribution in [2.75, 3.05) is 12.4 Å². The summed E-state index contributed by atoms with van der Waals surface area (Å²) in [6.45, 7) is 1.94. The first-order valence-corrected chi connectivity index (χ1v) is 9.83. The Balaban J connectivity index is 2.15. The average Bonchev–Trinajstić information content (AvgIpc) is 2.73. The van der Waals surface area contributed by atoms with E-state index in [4.69, 9.17) is 4.74 Å². The van der Waals surface area contributed by atoms with Crippen LogP contribution in [0.15, 0.2) is 41.2 Å². The van der Waals surface area contributed by atoms with Gasteiger partial charge in [0.2, 0.25) is 5.88 Å². The van der Waals surface area contributed by atoms with Gasteiger partial charge in [0.05, 0.1) is 18.2 Å². The van der Waals surface area contributed by atoms with Crippen LogP contribution >= 0.6 is 0 Å². The summed E-state index contributed by atoms with van der Waals surface area (Å²) in [6, 6.07) is 7.94. The first kappa shape index (κ1) is 24.4. The third-order valence-electron chi connectivity index (χ3n) is 4.34. The molecule has 0 unspecified atom stereocenters. The largest absolute Gasteiger partial charge is 0.506 e. The van der Waals surface area contributed by atoms with Gasteiger partial charge in [0, 0.05) is 11.8 Å². The summed E-state index contributed by atoms with van der Waals surface area (Å²) in [4.78, 5) is 41.2. The zero-order chi connectivity index (χ0) is 25.2. The Kier molecular flexibility index (Phi) is 6.70. The third-order valence-corrected chi connectivity index (χ3v) is 4.34. The standard InChI is InChI=1S/C22H21F2N3O7/c1-22(2,3)34-21(31)25-11-5-7-12(8-6-11)27-17-13(9-10-14(26-17)33-20(23)24)16(28)15(18(27)29)19(30)32-4/h5-10,20,28H,1-4H3,(H,25,31). The molecule has 0 spiro atoms. The number of nitrogens with zero attached hydrogens (tertiary/aromatic N) is 2. The minimum absolute atomic E-state index is 0.0856. The molecule has 0 aliphatic heterocycles. The molecule has 12 heteroatoms. The van der Waals surface area contributed by atoms with Crippen LogP contribution in [0.4, 0.5) is 19.3 Å². The highest BCUT2D eigenvalue weighted by Crippen LogP contribution is 2.30. The van der Waals surface area contributed by atoms with Crippen LogP contribution < -0.4 is 15.6 Å². The van der Waals surface area contributed by atoms with Crippen molar-refractivity contribution in [1.82, 2.24) is 9.55 Å². The highest BCUT2D eigenvalue weighted by atomic mass is 19.3. The fourth-order valence-electron chi connectivity index (χ4n) is 3.03. The van der Waals surface area contributed by atoms with Crippen molar-refractivity contribution >= 4 is 28.8 Å². The van der Waals surface area contributed by atoms with E-state index in [1.165, 1.54) is 30.3 Å². The van der Waals surface area contributed by atoms with Gasteiger partial charge >= 0.3 is 18.7 Å². The number of methoxy groups -OCH3 is 1. The third kappa shape index (κ3) is 5.22. The zero-order valence-electron chi connectivity index (χ0n) is 18.6. The molecule has 0 radical (unpaired) electrons. The Labute approximate surface area is 191 Å². The Morgan fingerprint density at radius 1 is 1.12 bits per heavy atom. The Morgan fingerprint density at radius 2 is 1.76 bits per heavy atom. The number of aromatic nitrogens is 2. The number of halogens is 2. The van der Waals surface area contributed by atoms with Gasteiger partial charge in [0.15, 0.2) is 11.2 Å². The van der Waals surface area contributed by atoms with E-state index in [1.54, 1.807) is 20.8 Å². The second-order valence-corrected chi connectivity index (χ2v) is 7.93. The number of pyridine rings is 2. The SMILES string of the molecule is COC(=O)c1c(O)c2ccc(OC(F)F)nc2n(-c2ccc(NC(=O)OC(C)(C)C)cc2)c1=O. The number of fused-ring (bicyclic) bond motifs is 1. The molecular formula is C22H21F2N3O7. The number of hydrogen-bond acceptors (Lipinski definition) is 8. The van der Waals surface area contributed by atoms with Crippen LogP contribution in [-0.4, -0.2) is 46.0 Å². The van der Waals surface area contributed by atoms with Crippen LogP contribution in [0.5, 0.6) is 11.6 Å². The van der Waals surface area contributed by atoms with Crippen molar-refractivity contribution < 1.29 is 37.7 Å². The number of benzene rings is 1. The number of esters is 1. The van der Waals surface area contributed by atoms with Gasteiger partial charge < -0.3 is 19.3 Å². The van der Waals surface area contributed by atoms with E-state index in [0.717, 1.165) is 17.7 Å². The maximum Gasteiger partial charge on any atom is 0.412 e. The number of carbonyl (C=O) groups is 2. The van der Waals surface area contributed by atoms with Crippen molar-refractivity contribution in [1.29, 1.82) is 0 Å². The minimum Gasteiger partial charge on any atom is -0.506 e. The molecule has 0 aliphatic carbocycles. The van der Waals surface area contributed by atoms with Gasteiger partial charge in [-0.15, -0.1) is 0 Å². The van der Waals surface area contributed by atoms with E-state index >= 15 is 0 Å². The second kappa shape index (κ2) is 9.33. The lowest BCUT2D eigenvalue weighted by molar-refractivity contribution is -0.0526. The Bertz CT molecular complexity index is 1300. The number of amides is 1. The van der Waals surface area contributed by atoms with E-state index < -0.39 is 47.0 Å². The summed E-state index contributed by atoms with van der Waals surface area (Å²) in [6.07, 6.45) is -0.698. The molecule has 3 rings (SSSR count). The summed E-state index contributed by atoms with van der Waals surface area (Å²) in [5.41, 5.74) is -2.16. The Morgan fingerprint density at radius 3 is 2.32 bits per heavy atom. The molecule has 2 aromatic heterocycles. The van der Waals surface area contributed by atoms with Gasteiger partial charge in [-0.1, -0.05) is 0 Å². The van der Waals surface area contributed by atoms with Gasteiger partial charge in [-0.25, -0.2) is 9.59 Å². The maximum absolute atomic E-state index is 13.1. The van der Waals surface area contributed by atoms with Crippen molar-refractivity contribution in [3.05, 3.63) is 52.3 Å². The molecule has 180 valence electrons. The van der Waals surface area contributed by atoms with Crippen LogP contribution in [0.1, 0.15) is 31.1 Å². The van der Waals surface area contributed by atoms with Crippen LogP contribution in [0, 0.1) is 0 Å². The number of alkyl halides is 2. The van der Waals surface area contributed by atoms with Crippen LogP contribution in [-0.2, 0) is 9.47 Å². The topological polar surface area (TPSA) is 129 Å². The lowest BCUT2D eigenvalue weighted by Gasteiger charge is -2.19. The van der Waals surface area contributed by atoms with Gasteiger partial charge in [-0.05, 0) is 51.1 Å². The molecule has 0 bridgehead atoms. The summed E-state index contributed by atoms with van der Waals surface area (Å²) in [5.74, 6) is -2.33. The highest BCUT2D eigenvalue weighted by Gasteiger charge is 2.25. The molecule has 2 heterocycles. The van der Waals surface area contributed by atoms with Gasteiger partial charge in [0.1, 0.15) is 11.4 Å². The number of ether oxygens (including phenoxy) is 3. The van der Waals surface area contributed by atoms with Crippen LogP contribution in [0.2, 0.25) is 0 Å². The molecule has 0 saturated heterocycles. The average molecular weight is 477 g/mol. The van der Waals surface area contributed by atoms with Crippen molar-refractivity contribution in [3.63, 3.8) is 0 Å². The zero-order valence-corrected chi connectivity index (χ0v) is 18.6. The monoisotopic (exact) mass is 477 g/mol. The van der Waals surface area contributed by atoms with E-state index in [0.29, 0.717) is 5.69 Å². The van der Waals surface area contributed by atoms with Gasteiger partial charge in [-0.2, -0.15) is 13.8 Å². The summed E-state index contributed by atoms with van der Waals surface area (Å²) >= 11 is 0. The highest BCUT2D eigenvalue weighted by molar-refractivity contribution is 5.99. The molecule has 3 aromatic rings. The molecule has 0 saturated carbocycles. The fraction of sp³-hybridized carbons (Fsp3) is 0.273. The van der Waals surface area contributed by atoms with Gasteiger partial charge in [-0.3, -0.25) is 14.7 Å². The predicted molar refractivity (Wildman–Crippen MR) is 117 cm³/mol. The molecular weight excluding hydrogens is 456 g/mol. The normalized spacial score (nSPS) is 11.4. The molecule has 0 aliphatic rings. The molecule has 10 nitrogen and oxygen atoms in total. The molecule has 1 aromatic carbocycles. The van der Waals surface area contributed by atoms with E-state index in [-0.39, 0.29) is 16.7 Å². The quantitative estimate of drug-likeness (QED) is 0.531. The molecule has 0 atom stereocenters. The van der Waals surface area contributed by atoms with Crippen molar-refractivity contribution in [3.8, 4) is 17.3 Å². The van der Waals surface area contributed by atoms with E-state index in [2.05, 4.69) is 19.8 Å². The summed E-state index contributed by atoms with van der Waals surface area (Å²) < 4.78 is 40.4.